The van der Waals surface area contributed by atoms with Crippen molar-refractivity contribution in [2.75, 3.05) is 0 Å². The number of Topliss-reactive ketones (excluding diaryl/α,β-unsaturated/α-hetero) is 1. The average molecular weight is 170 g/mol. The summed E-state index contributed by atoms with van der Waals surface area (Å²) in [5.74, 6) is 0.290. The molecule has 4 heteroatoms. The molecule has 0 aliphatic carbocycles. The molecule has 0 saturated heterocycles. The molecule has 0 spiro atoms. The Labute approximate surface area is 69.8 Å². The fourth-order valence-corrected chi connectivity index (χ4v) is 1.20. The van der Waals surface area contributed by atoms with Crippen molar-refractivity contribution >= 4 is 17.5 Å². The van der Waals surface area contributed by atoms with E-state index in [0.29, 0.717) is 12.8 Å². The summed E-state index contributed by atoms with van der Waals surface area (Å²) in [5, 5.41) is 0. The molecule has 1 heterocycles. The van der Waals surface area contributed by atoms with Gasteiger partial charge in [0.05, 0.1) is 23.6 Å². The normalized spacial score (nSPS) is 9.91. The van der Waals surface area contributed by atoms with E-state index >= 15 is 0 Å². The van der Waals surface area contributed by atoms with E-state index in [0.717, 1.165) is 12.1 Å². The van der Waals surface area contributed by atoms with Crippen LogP contribution in [0.1, 0.15) is 25.5 Å². The molecule has 0 atom stereocenters. The van der Waals surface area contributed by atoms with Crippen molar-refractivity contribution in [2.24, 2.45) is 0 Å². The van der Waals surface area contributed by atoms with Gasteiger partial charge in [-0.15, -0.1) is 0 Å². The van der Waals surface area contributed by atoms with Crippen LogP contribution in [0.15, 0.2) is 6.20 Å². The Hall–Kier alpha value is -0.770. The minimum atomic E-state index is 0.290. The van der Waals surface area contributed by atoms with Gasteiger partial charge in [-0.1, -0.05) is 6.92 Å². The zero-order valence-electron chi connectivity index (χ0n) is 6.41. The van der Waals surface area contributed by atoms with Gasteiger partial charge in [0.1, 0.15) is 5.78 Å². The summed E-state index contributed by atoms with van der Waals surface area (Å²) in [6.45, 7) is 1.88. The van der Waals surface area contributed by atoms with Crippen molar-refractivity contribution in [1.82, 2.24) is 8.75 Å². The highest BCUT2D eigenvalue weighted by molar-refractivity contribution is 6.99. The molecule has 11 heavy (non-hydrogen) atoms. The lowest BCUT2D eigenvalue weighted by Crippen LogP contribution is -1.97. The van der Waals surface area contributed by atoms with E-state index in [1.807, 2.05) is 6.92 Å². The van der Waals surface area contributed by atoms with Crippen LogP contribution in [0.25, 0.3) is 0 Å². The highest BCUT2D eigenvalue weighted by Crippen LogP contribution is 2.01. The number of aryl methyl sites for hydroxylation is 1. The highest BCUT2D eigenvalue weighted by Gasteiger charge is 2.00. The molecule has 0 saturated carbocycles. The highest BCUT2D eigenvalue weighted by atomic mass is 32.1. The van der Waals surface area contributed by atoms with E-state index < -0.39 is 0 Å². The quantitative estimate of drug-likeness (QED) is 0.686. The van der Waals surface area contributed by atoms with E-state index in [1.54, 1.807) is 6.20 Å². The maximum absolute atomic E-state index is 10.9. The Morgan fingerprint density at radius 1 is 1.73 bits per heavy atom. The maximum Gasteiger partial charge on any atom is 0.133 e. The van der Waals surface area contributed by atoms with Crippen LogP contribution >= 0.6 is 11.7 Å². The number of rotatable bonds is 4. The Bertz CT molecular complexity index is 220. The van der Waals surface area contributed by atoms with Crippen LogP contribution in [0, 0.1) is 0 Å². The molecule has 60 valence electrons. The van der Waals surface area contributed by atoms with Crippen LogP contribution in [0.5, 0.6) is 0 Å². The summed E-state index contributed by atoms with van der Waals surface area (Å²) in [6, 6.07) is 0. The summed E-state index contributed by atoms with van der Waals surface area (Å²) >= 11 is 1.19. The predicted molar refractivity (Wildman–Crippen MR) is 43.5 cm³/mol. The minimum Gasteiger partial charge on any atom is -0.300 e. The zero-order valence-corrected chi connectivity index (χ0v) is 7.23. The van der Waals surface area contributed by atoms with Crippen molar-refractivity contribution in [3.05, 3.63) is 11.9 Å². The van der Waals surface area contributed by atoms with Gasteiger partial charge in [0.2, 0.25) is 0 Å². The van der Waals surface area contributed by atoms with E-state index in [9.17, 15) is 4.79 Å². The van der Waals surface area contributed by atoms with Gasteiger partial charge in [0.15, 0.2) is 0 Å². The maximum atomic E-state index is 10.9. The molecule has 3 nitrogen and oxygen atoms in total. The summed E-state index contributed by atoms with van der Waals surface area (Å²) in [7, 11) is 0. The van der Waals surface area contributed by atoms with Crippen LogP contribution in [0.2, 0.25) is 0 Å². The van der Waals surface area contributed by atoms with Crippen LogP contribution in [0.3, 0.4) is 0 Å². The molecule has 0 fully saturated rings. The lowest BCUT2D eigenvalue weighted by atomic mass is 10.1. The molecule has 0 amide bonds. The first-order chi connectivity index (χ1) is 5.33. The lowest BCUT2D eigenvalue weighted by molar-refractivity contribution is -0.118. The van der Waals surface area contributed by atoms with Crippen molar-refractivity contribution in [2.45, 2.75) is 26.2 Å². The van der Waals surface area contributed by atoms with E-state index in [2.05, 4.69) is 8.75 Å². The van der Waals surface area contributed by atoms with E-state index in [1.165, 1.54) is 11.7 Å². The molecule has 0 bridgehead atoms. The number of carbonyl (C=O) groups excluding carboxylic acids is 1. The summed E-state index contributed by atoms with van der Waals surface area (Å²) in [6.07, 6.45) is 3.68. The van der Waals surface area contributed by atoms with Crippen LogP contribution in [0.4, 0.5) is 0 Å². The smallest absolute Gasteiger partial charge is 0.133 e. The van der Waals surface area contributed by atoms with Crippen molar-refractivity contribution in [3.63, 3.8) is 0 Å². The molecule has 1 rings (SSSR count). The molecule has 0 N–H and O–H groups in total. The standard InChI is InChI=1S/C7H10N2OS/c1-2-7(10)4-3-6-5-8-11-9-6/h5H,2-4H2,1H3. The average Bonchev–Trinajstić information content (AvgIpc) is 2.52. The molecule has 0 aromatic carbocycles. The van der Waals surface area contributed by atoms with Crippen LogP contribution < -0.4 is 0 Å². The third-order valence-corrected chi connectivity index (χ3v) is 1.98. The molecule has 1 aromatic rings. The lowest BCUT2D eigenvalue weighted by Gasteiger charge is -1.92. The van der Waals surface area contributed by atoms with Gasteiger partial charge in [0.25, 0.3) is 0 Å². The van der Waals surface area contributed by atoms with Gasteiger partial charge < -0.3 is 0 Å². The first-order valence-corrected chi connectivity index (χ1v) is 4.34. The number of nitrogens with zero attached hydrogens (tertiary/aromatic N) is 2. The van der Waals surface area contributed by atoms with Crippen LogP contribution in [-0.4, -0.2) is 14.5 Å². The fourth-order valence-electron chi connectivity index (χ4n) is 0.738. The number of ketones is 1. The summed E-state index contributed by atoms with van der Waals surface area (Å²) in [4.78, 5) is 10.9. The van der Waals surface area contributed by atoms with Gasteiger partial charge in [-0.25, -0.2) is 0 Å². The number of aromatic nitrogens is 2. The molecule has 0 aliphatic rings. The second-order valence-corrected chi connectivity index (χ2v) is 2.85. The second-order valence-electron chi connectivity index (χ2n) is 2.29. The van der Waals surface area contributed by atoms with Gasteiger partial charge in [-0.3, -0.25) is 4.79 Å². The third-order valence-electron chi connectivity index (χ3n) is 1.46. The van der Waals surface area contributed by atoms with Crippen molar-refractivity contribution < 1.29 is 4.79 Å². The monoisotopic (exact) mass is 170 g/mol. The second kappa shape index (κ2) is 4.18. The Morgan fingerprint density at radius 3 is 3.09 bits per heavy atom. The van der Waals surface area contributed by atoms with Crippen molar-refractivity contribution in [1.29, 1.82) is 0 Å². The Morgan fingerprint density at radius 2 is 2.55 bits per heavy atom. The van der Waals surface area contributed by atoms with Crippen molar-refractivity contribution in [3.8, 4) is 0 Å². The first kappa shape index (κ1) is 8.33. The summed E-state index contributed by atoms with van der Waals surface area (Å²) in [5.41, 5.74) is 0.928. The molecular weight excluding hydrogens is 160 g/mol. The van der Waals surface area contributed by atoms with Crippen LogP contribution in [-0.2, 0) is 11.2 Å². The number of hydrogen-bond donors (Lipinski definition) is 0. The Balaban J connectivity index is 2.29. The number of carbonyl (C=O) groups is 1. The minimum absolute atomic E-state index is 0.290. The topological polar surface area (TPSA) is 42.9 Å². The SMILES string of the molecule is CCC(=O)CCc1cnsn1. The first-order valence-electron chi connectivity index (χ1n) is 3.61. The zero-order chi connectivity index (χ0) is 8.10. The summed E-state index contributed by atoms with van der Waals surface area (Å²) < 4.78 is 7.85. The predicted octanol–water partition coefficient (Wildman–Crippen LogP) is 1.45. The molecule has 0 unspecified atom stereocenters. The van der Waals surface area contributed by atoms with Gasteiger partial charge in [-0.05, 0) is 6.42 Å². The fraction of sp³-hybridized carbons (Fsp3) is 0.571. The molecular formula is C7H10N2OS. The largest absolute Gasteiger partial charge is 0.300 e. The Kier molecular flexibility index (Phi) is 3.16. The van der Waals surface area contributed by atoms with Gasteiger partial charge in [-0.2, -0.15) is 8.75 Å². The molecule has 0 aliphatic heterocycles. The molecule has 0 radical (unpaired) electrons. The molecule has 1 aromatic heterocycles. The van der Waals surface area contributed by atoms with Gasteiger partial charge >= 0.3 is 0 Å². The van der Waals surface area contributed by atoms with E-state index in [-0.39, 0.29) is 5.78 Å². The van der Waals surface area contributed by atoms with E-state index in [4.69, 9.17) is 0 Å². The van der Waals surface area contributed by atoms with Gasteiger partial charge in [0, 0.05) is 12.8 Å². The third kappa shape index (κ3) is 2.76. The number of hydrogen-bond acceptors (Lipinski definition) is 4.